The largest absolute Gasteiger partial charge is 0.493 e. The van der Waals surface area contributed by atoms with Gasteiger partial charge in [0.2, 0.25) is 10.0 Å². The quantitative estimate of drug-likeness (QED) is 0.598. The highest BCUT2D eigenvalue weighted by atomic mass is 32.2. The van der Waals surface area contributed by atoms with E-state index in [-0.39, 0.29) is 11.9 Å². The Morgan fingerprint density at radius 3 is 2.21 bits per heavy atom. The van der Waals surface area contributed by atoms with Crippen LogP contribution in [0, 0.1) is 0 Å². The first-order valence-corrected chi connectivity index (χ1v) is 10.7. The molecule has 8 nitrogen and oxygen atoms in total. The number of ether oxygens (including phenoxy) is 2. The highest BCUT2D eigenvalue weighted by Crippen LogP contribution is 2.40. The van der Waals surface area contributed by atoms with Crippen molar-refractivity contribution in [2.24, 2.45) is 0 Å². The van der Waals surface area contributed by atoms with Crippen molar-refractivity contribution in [2.45, 2.75) is 13.0 Å². The van der Waals surface area contributed by atoms with E-state index in [1.54, 1.807) is 50.6 Å². The lowest BCUT2D eigenvalue weighted by molar-refractivity contribution is -0.110. The van der Waals surface area contributed by atoms with Gasteiger partial charge in [-0.05, 0) is 43.3 Å². The Kier molecular flexibility index (Phi) is 5.69. The Labute approximate surface area is 170 Å². The molecule has 0 fully saturated rings. The van der Waals surface area contributed by atoms with Gasteiger partial charge < -0.3 is 20.1 Å². The summed E-state index contributed by atoms with van der Waals surface area (Å²) >= 11 is 0. The van der Waals surface area contributed by atoms with E-state index in [9.17, 15) is 13.2 Å². The fraction of sp³-hybridized carbons (Fsp3) is 0.250. The van der Waals surface area contributed by atoms with Crippen molar-refractivity contribution in [2.75, 3.05) is 35.8 Å². The number of benzene rings is 2. The molecular weight excluding hydrogens is 394 g/mol. The topological polar surface area (TPSA) is 106 Å². The fourth-order valence-corrected chi connectivity index (χ4v) is 3.65. The van der Waals surface area contributed by atoms with Crippen LogP contribution >= 0.6 is 0 Å². The predicted molar refractivity (Wildman–Crippen MR) is 114 cm³/mol. The monoisotopic (exact) mass is 417 g/mol. The number of carbonyl (C=O) groups excluding carboxylic acids is 1. The van der Waals surface area contributed by atoms with Gasteiger partial charge in [0.15, 0.2) is 11.5 Å². The third kappa shape index (κ3) is 4.80. The summed E-state index contributed by atoms with van der Waals surface area (Å²) in [7, 11) is -0.230. The van der Waals surface area contributed by atoms with Gasteiger partial charge >= 0.3 is 0 Å². The van der Waals surface area contributed by atoms with Crippen molar-refractivity contribution in [1.82, 2.24) is 0 Å². The van der Waals surface area contributed by atoms with Crippen molar-refractivity contribution < 1.29 is 22.7 Å². The molecule has 2 aromatic carbocycles. The zero-order valence-corrected chi connectivity index (χ0v) is 17.4. The number of carbonyl (C=O) groups is 1. The molecule has 0 aromatic heterocycles. The molecule has 0 saturated carbocycles. The second-order valence-electron chi connectivity index (χ2n) is 6.67. The number of hydrogen-bond acceptors (Lipinski definition) is 6. The van der Waals surface area contributed by atoms with Gasteiger partial charge in [-0.25, -0.2) is 8.42 Å². The van der Waals surface area contributed by atoms with Crippen LogP contribution in [0.25, 0.3) is 5.57 Å². The van der Waals surface area contributed by atoms with Gasteiger partial charge in [0.05, 0.1) is 26.2 Å². The highest BCUT2D eigenvalue weighted by Gasteiger charge is 2.27. The number of hydrogen-bond donors (Lipinski definition) is 3. The number of sulfonamides is 1. The Morgan fingerprint density at radius 1 is 1.03 bits per heavy atom. The van der Waals surface area contributed by atoms with Crippen LogP contribution in [0.2, 0.25) is 0 Å². The summed E-state index contributed by atoms with van der Waals surface area (Å²) in [5, 5.41) is 6.11. The van der Waals surface area contributed by atoms with Gasteiger partial charge in [-0.2, -0.15) is 0 Å². The summed E-state index contributed by atoms with van der Waals surface area (Å²) in [5.41, 5.74) is 3.22. The van der Waals surface area contributed by atoms with E-state index >= 15 is 0 Å². The molecule has 3 rings (SSSR count). The summed E-state index contributed by atoms with van der Waals surface area (Å²) in [6.45, 7) is 1.92. The van der Waals surface area contributed by atoms with E-state index in [1.807, 2.05) is 13.0 Å². The van der Waals surface area contributed by atoms with E-state index < -0.39 is 10.0 Å². The second kappa shape index (κ2) is 8.04. The van der Waals surface area contributed by atoms with Gasteiger partial charge in [-0.1, -0.05) is 0 Å². The van der Waals surface area contributed by atoms with Crippen molar-refractivity contribution in [3.05, 3.63) is 48.0 Å². The maximum Gasteiger partial charge on any atom is 0.256 e. The lowest BCUT2D eigenvalue weighted by Crippen LogP contribution is -2.14. The average Bonchev–Trinajstić information content (AvgIpc) is 2.95. The summed E-state index contributed by atoms with van der Waals surface area (Å²) in [6, 6.07) is 10.2. The van der Waals surface area contributed by atoms with Crippen molar-refractivity contribution in [1.29, 1.82) is 0 Å². The fourth-order valence-electron chi connectivity index (χ4n) is 3.09. The molecule has 1 atom stereocenters. The normalized spacial score (nSPS) is 15.4. The molecule has 3 N–H and O–H groups in total. The third-order valence-corrected chi connectivity index (χ3v) is 4.91. The molecule has 9 heteroatoms. The molecule has 0 spiro atoms. The molecule has 1 aliphatic heterocycles. The SMILES string of the molecule is COc1cc2c(cc1OC)C(=CC(C)Nc1ccc(NS(C)(=O)=O)cc1)C(=O)N2. The highest BCUT2D eigenvalue weighted by molar-refractivity contribution is 7.92. The van der Waals surface area contributed by atoms with E-state index in [2.05, 4.69) is 15.4 Å². The molecule has 0 aliphatic carbocycles. The van der Waals surface area contributed by atoms with E-state index in [0.29, 0.717) is 28.4 Å². The average molecular weight is 417 g/mol. The van der Waals surface area contributed by atoms with E-state index in [1.165, 1.54) is 0 Å². The summed E-state index contributed by atoms with van der Waals surface area (Å²) in [6.07, 6.45) is 2.93. The minimum absolute atomic E-state index is 0.163. The molecule has 1 unspecified atom stereocenters. The van der Waals surface area contributed by atoms with E-state index in [4.69, 9.17) is 9.47 Å². The smallest absolute Gasteiger partial charge is 0.256 e. The number of rotatable bonds is 7. The van der Waals surface area contributed by atoms with Crippen molar-refractivity contribution in [3.8, 4) is 11.5 Å². The molecule has 1 aliphatic rings. The van der Waals surface area contributed by atoms with Gasteiger partial charge in [0, 0.05) is 34.6 Å². The van der Waals surface area contributed by atoms with Gasteiger partial charge in [-0.3, -0.25) is 9.52 Å². The predicted octanol–water partition coefficient (Wildman–Crippen LogP) is 2.91. The molecule has 0 radical (unpaired) electrons. The Hall–Kier alpha value is -3.20. The van der Waals surface area contributed by atoms with Gasteiger partial charge in [-0.15, -0.1) is 0 Å². The van der Waals surface area contributed by atoms with Gasteiger partial charge in [0.25, 0.3) is 5.91 Å². The number of fused-ring (bicyclic) bond motifs is 1. The maximum atomic E-state index is 12.4. The lowest BCUT2D eigenvalue weighted by atomic mass is 10.0. The maximum absolute atomic E-state index is 12.4. The molecule has 1 amide bonds. The third-order valence-electron chi connectivity index (χ3n) is 4.31. The molecule has 2 aromatic rings. The Balaban J connectivity index is 1.79. The molecule has 0 bridgehead atoms. The second-order valence-corrected chi connectivity index (χ2v) is 8.42. The Bertz CT molecular complexity index is 1060. The minimum atomic E-state index is -3.32. The zero-order valence-electron chi connectivity index (χ0n) is 16.6. The first-order valence-electron chi connectivity index (χ1n) is 8.84. The Morgan fingerprint density at radius 2 is 1.62 bits per heavy atom. The van der Waals surface area contributed by atoms with Crippen LogP contribution in [0.15, 0.2) is 42.5 Å². The van der Waals surface area contributed by atoms with Crippen LogP contribution in [0.4, 0.5) is 17.1 Å². The van der Waals surface area contributed by atoms with Crippen LogP contribution < -0.4 is 24.8 Å². The van der Waals surface area contributed by atoms with Crippen molar-refractivity contribution >= 4 is 38.6 Å². The molecule has 1 heterocycles. The number of methoxy groups -OCH3 is 2. The van der Waals surface area contributed by atoms with Crippen LogP contribution in [0.5, 0.6) is 11.5 Å². The number of anilines is 3. The van der Waals surface area contributed by atoms with Crippen LogP contribution in [-0.4, -0.2) is 40.8 Å². The van der Waals surface area contributed by atoms with Gasteiger partial charge in [0.1, 0.15) is 0 Å². The van der Waals surface area contributed by atoms with Crippen LogP contribution in [0.1, 0.15) is 12.5 Å². The molecule has 29 heavy (non-hydrogen) atoms. The van der Waals surface area contributed by atoms with Crippen molar-refractivity contribution in [3.63, 3.8) is 0 Å². The van der Waals surface area contributed by atoms with Crippen LogP contribution in [0.3, 0.4) is 0 Å². The molecule has 0 saturated heterocycles. The number of nitrogens with one attached hydrogen (secondary N) is 3. The zero-order chi connectivity index (χ0) is 21.2. The number of amides is 1. The minimum Gasteiger partial charge on any atom is -0.493 e. The standard InChI is InChI=1S/C20H23N3O5S/c1-12(21-13-5-7-14(8-6-13)23-29(4,25)26)9-16-15-10-18(27-2)19(28-3)11-17(15)22-20(16)24/h5-12,21,23H,1-4H3,(H,22,24). The first kappa shape index (κ1) is 20.5. The summed E-state index contributed by atoms with van der Waals surface area (Å²) < 4.78 is 35.6. The first-order chi connectivity index (χ1) is 13.7. The molecule has 154 valence electrons. The lowest BCUT2D eigenvalue weighted by Gasteiger charge is -2.13. The van der Waals surface area contributed by atoms with Crippen LogP contribution in [-0.2, 0) is 14.8 Å². The molecular formula is C20H23N3O5S. The summed E-state index contributed by atoms with van der Waals surface area (Å²) in [5.74, 6) is 0.890. The summed E-state index contributed by atoms with van der Waals surface area (Å²) in [4.78, 5) is 12.4. The van der Waals surface area contributed by atoms with E-state index in [0.717, 1.165) is 17.5 Å².